The van der Waals surface area contributed by atoms with Gasteiger partial charge >= 0.3 is 0 Å². The van der Waals surface area contributed by atoms with Crippen LogP contribution in [0.3, 0.4) is 0 Å². The molecule has 1 radical (unpaired) electrons. The van der Waals surface area contributed by atoms with E-state index >= 15 is 0 Å². The molecule has 0 aromatic rings. The highest BCUT2D eigenvalue weighted by atomic mass is 14.9. The van der Waals surface area contributed by atoms with E-state index < -0.39 is 0 Å². The molecule has 0 bridgehead atoms. The van der Waals surface area contributed by atoms with Gasteiger partial charge in [0.1, 0.15) is 0 Å². The molecule has 0 saturated heterocycles. The summed E-state index contributed by atoms with van der Waals surface area (Å²) in [7, 11) is 0. The maximum absolute atomic E-state index is 4.57. The molecule has 2 aliphatic rings. The van der Waals surface area contributed by atoms with Crippen LogP contribution in [-0.4, -0.2) is 0 Å². The van der Waals surface area contributed by atoms with Crippen LogP contribution in [0.15, 0.2) is 23.0 Å². The van der Waals surface area contributed by atoms with Gasteiger partial charge in [0.15, 0.2) is 0 Å². The summed E-state index contributed by atoms with van der Waals surface area (Å²) in [6, 6.07) is 0. The van der Waals surface area contributed by atoms with Gasteiger partial charge in [-0.25, -0.2) is 0 Å². The maximum Gasteiger partial charge on any atom is 0.0439 e. The van der Waals surface area contributed by atoms with E-state index in [9.17, 15) is 0 Å². The number of hydrogen-bond donors (Lipinski definition) is 0. The highest BCUT2D eigenvalue weighted by Crippen LogP contribution is 2.31. The molecule has 1 aliphatic heterocycles. The molecule has 1 heteroatoms. The van der Waals surface area contributed by atoms with Gasteiger partial charge in [0.2, 0.25) is 0 Å². The predicted octanol–water partition coefficient (Wildman–Crippen LogP) is 2.73. The van der Waals surface area contributed by atoms with E-state index in [-0.39, 0.29) is 0 Å². The molecule has 0 N–H and O–H groups in total. The van der Waals surface area contributed by atoms with Crippen LogP contribution in [0.4, 0.5) is 0 Å². The Bertz CT molecular complexity index is 223. The molecule has 0 amide bonds. The summed E-state index contributed by atoms with van der Waals surface area (Å²) in [5.74, 6) is 0. The molecule has 0 aromatic carbocycles. The summed E-state index contributed by atoms with van der Waals surface area (Å²) in [5, 5.41) is 4.57. The van der Waals surface area contributed by atoms with Gasteiger partial charge in [0.25, 0.3) is 0 Å². The summed E-state index contributed by atoms with van der Waals surface area (Å²) in [4.78, 5) is 0. The van der Waals surface area contributed by atoms with Gasteiger partial charge in [0.05, 0.1) is 0 Å². The van der Waals surface area contributed by atoms with Crippen LogP contribution in [0.1, 0.15) is 39.0 Å². The minimum Gasteiger partial charge on any atom is -0.258 e. The lowest BCUT2D eigenvalue weighted by Gasteiger charge is -2.11. The van der Waals surface area contributed by atoms with Gasteiger partial charge in [-0.05, 0) is 43.8 Å². The Balaban J connectivity index is 2.14. The molecule has 0 unspecified atom stereocenters. The molecule has 0 fully saturated rings. The standard InChI is InChI=1S/C10H14N/c1-2-9-7-8-5-3-4-6-10(8)11-9/h7H,2-6H2,1H3. The van der Waals surface area contributed by atoms with Gasteiger partial charge in [-0.15, -0.1) is 0 Å². The molecular weight excluding hydrogens is 134 g/mol. The summed E-state index contributed by atoms with van der Waals surface area (Å²) in [5.41, 5.74) is 4.19. The third-order valence-corrected chi connectivity index (χ3v) is 2.46. The van der Waals surface area contributed by atoms with E-state index in [4.69, 9.17) is 0 Å². The topological polar surface area (TPSA) is 14.1 Å². The molecule has 1 heterocycles. The second-order valence-corrected chi connectivity index (χ2v) is 3.28. The summed E-state index contributed by atoms with van der Waals surface area (Å²) >= 11 is 0. The second kappa shape index (κ2) is 2.72. The third kappa shape index (κ3) is 1.20. The maximum atomic E-state index is 4.57. The van der Waals surface area contributed by atoms with Gasteiger partial charge < -0.3 is 0 Å². The Labute approximate surface area is 68.2 Å². The smallest absolute Gasteiger partial charge is 0.0439 e. The minimum atomic E-state index is 1.09. The first kappa shape index (κ1) is 6.96. The quantitative estimate of drug-likeness (QED) is 0.543. The summed E-state index contributed by atoms with van der Waals surface area (Å²) in [6.45, 7) is 2.17. The number of allylic oxidation sites excluding steroid dienone is 4. The van der Waals surface area contributed by atoms with E-state index in [1.165, 1.54) is 42.7 Å². The zero-order valence-corrected chi connectivity index (χ0v) is 7.06. The average Bonchev–Trinajstić information content (AvgIpc) is 2.46. The Hall–Kier alpha value is -0.720. The van der Waals surface area contributed by atoms with Crippen molar-refractivity contribution in [3.05, 3.63) is 23.0 Å². The zero-order chi connectivity index (χ0) is 7.68. The molecule has 0 spiro atoms. The molecular formula is C10H14N. The van der Waals surface area contributed by atoms with Crippen molar-refractivity contribution in [3.63, 3.8) is 0 Å². The predicted molar refractivity (Wildman–Crippen MR) is 46.0 cm³/mol. The van der Waals surface area contributed by atoms with E-state index in [2.05, 4.69) is 18.3 Å². The van der Waals surface area contributed by atoms with Crippen LogP contribution in [0.5, 0.6) is 0 Å². The average molecular weight is 148 g/mol. The Morgan fingerprint density at radius 3 is 2.91 bits per heavy atom. The Morgan fingerprint density at radius 2 is 2.18 bits per heavy atom. The van der Waals surface area contributed by atoms with Crippen molar-refractivity contribution >= 4 is 0 Å². The van der Waals surface area contributed by atoms with Crippen molar-refractivity contribution in [2.75, 3.05) is 0 Å². The lowest BCUT2D eigenvalue weighted by molar-refractivity contribution is 0.658. The minimum absolute atomic E-state index is 1.09. The first-order chi connectivity index (χ1) is 5.40. The van der Waals surface area contributed by atoms with E-state index in [0.29, 0.717) is 0 Å². The van der Waals surface area contributed by atoms with E-state index in [1.807, 2.05) is 0 Å². The molecule has 0 saturated carbocycles. The lowest BCUT2D eigenvalue weighted by Crippen LogP contribution is -2.02. The zero-order valence-electron chi connectivity index (χ0n) is 7.06. The van der Waals surface area contributed by atoms with Crippen LogP contribution in [0.2, 0.25) is 0 Å². The fourth-order valence-corrected chi connectivity index (χ4v) is 1.78. The first-order valence-electron chi connectivity index (χ1n) is 4.54. The monoisotopic (exact) mass is 148 g/mol. The van der Waals surface area contributed by atoms with Crippen LogP contribution < -0.4 is 5.32 Å². The first-order valence-corrected chi connectivity index (χ1v) is 4.54. The molecule has 0 atom stereocenters. The summed E-state index contributed by atoms with van der Waals surface area (Å²) in [6.07, 6.45) is 8.56. The van der Waals surface area contributed by atoms with Crippen molar-refractivity contribution in [2.45, 2.75) is 39.0 Å². The number of nitrogens with zero attached hydrogens (tertiary/aromatic N) is 1. The molecule has 1 nitrogen and oxygen atoms in total. The van der Waals surface area contributed by atoms with Crippen LogP contribution in [0.25, 0.3) is 0 Å². The highest BCUT2D eigenvalue weighted by Gasteiger charge is 2.18. The van der Waals surface area contributed by atoms with E-state index in [0.717, 1.165) is 6.42 Å². The molecule has 0 aromatic heterocycles. The van der Waals surface area contributed by atoms with Gasteiger partial charge in [-0.1, -0.05) is 6.92 Å². The van der Waals surface area contributed by atoms with Crippen LogP contribution >= 0.6 is 0 Å². The third-order valence-electron chi connectivity index (χ3n) is 2.46. The Morgan fingerprint density at radius 1 is 1.36 bits per heavy atom. The fraction of sp³-hybridized carbons (Fsp3) is 0.600. The van der Waals surface area contributed by atoms with Crippen molar-refractivity contribution in [3.8, 4) is 0 Å². The molecule has 59 valence electrons. The number of hydrogen-bond acceptors (Lipinski definition) is 0. The SMILES string of the molecule is CCC1=CC2=C(CCCC2)[N]1. The Kier molecular flexibility index (Phi) is 1.72. The second-order valence-electron chi connectivity index (χ2n) is 3.28. The summed E-state index contributed by atoms with van der Waals surface area (Å²) < 4.78 is 0. The normalized spacial score (nSPS) is 22.8. The highest BCUT2D eigenvalue weighted by molar-refractivity contribution is 5.37. The van der Waals surface area contributed by atoms with Crippen molar-refractivity contribution < 1.29 is 0 Å². The van der Waals surface area contributed by atoms with Crippen molar-refractivity contribution in [1.29, 1.82) is 0 Å². The van der Waals surface area contributed by atoms with Crippen LogP contribution in [-0.2, 0) is 0 Å². The van der Waals surface area contributed by atoms with Gasteiger partial charge in [0, 0.05) is 11.4 Å². The van der Waals surface area contributed by atoms with Gasteiger partial charge in [-0.2, -0.15) is 0 Å². The fourth-order valence-electron chi connectivity index (χ4n) is 1.78. The van der Waals surface area contributed by atoms with E-state index in [1.54, 1.807) is 0 Å². The van der Waals surface area contributed by atoms with Crippen molar-refractivity contribution in [1.82, 2.24) is 5.32 Å². The number of rotatable bonds is 1. The molecule has 11 heavy (non-hydrogen) atoms. The van der Waals surface area contributed by atoms with Crippen LogP contribution in [0, 0.1) is 0 Å². The van der Waals surface area contributed by atoms with Crippen molar-refractivity contribution in [2.24, 2.45) is 0 Å². The lowest BCUT2D eigenvalue weighted by atomic mass is 9.98. The largest absolute Gasteiger partial charge is 0.258 e. The van der Waals surface area contributed by atoms with Gasteiger partial charge in [-0.3, -0.25) is 5.32 Å². The molecule has 2 rings (SSSR count). The molecule has 1 aliphatic carbocycles.